The maximum absolute atomic E-state index is 12.8. The fourth-order valence-corrected chi connectivity index (χ4v) is 7.24. The topological polar surface area (TPSA) is 78.9 Å². The van der Waals surface area contributed by atoms with Crippen LogP contribution in [-0.2, 0) is 28.6 Å². The summed E-state index contributed by atoms with van der Waals surface area (Å²) in [5, 5.41) is 0. The summed E-state index contributed by atoms with van der Waals surface area (Å²) < 4.78 is 16.8. The summed E-state index contributed by atoms with van der Waals surface area (Å²) >= 11 is 0. The van der Waals surface area contributed by atoms with Gasteiger partial charge in [0, 0.05) is 19.3 Å². The van der Waals surface area contributed by atoms with E-state index in [0.29, 0.717) is 19.3 Å². The van der Waals surface area contributed by atoms with Crippen molar-refractivity contribution in [2.24, 2.45) is 0 Å². The molecule has 63 heavy (non-hydrogen) atoms. The van der Waals surface area contributed by atoms with E-state index in [0.717, 1.165) is 89.9 Å². The number of carbonyl (C=O) groups excluding carboxylic acids is 3. The molecule has 0 spiro atoms. The fourth-order valence-electron chi connectivity index (χ4n) is 7.24. The molecule has 0 N–H and O–H groups in total. The molecule has 0 aromatic heterocycles. The van der Waals surface area contributed by atoms with Crippen LogP contribution in [0.4, 0.5) is 0 Å². The molecule has 0 saturated carbocycles. The van der Waals surface area contributed by atoms with Gasteiger partial charge in [-0.1, -0.05) is 222 Å². The Morgan fingerprint density at radius 3 is 1.05 bits per heavy atom. The van der Waals surface area contributed by atoms with Crippen molar-refractivity contribution in [2.75, 3.05) is 13.2 Å². The second kappa shape index (κ2) is 51.5. The van der Waals surface area contributed by atoms with Crippen molar-refractivity contribution in [1.29, 1.82) is 0 Å². The lowest BCUT2D eigenvalue weighted by molar-refractivity contribution is -0.167. The van der Waals surface area contributed by atoms with Gasteiger partial charge >= 0.3 is 17.9 Å². The highest BCUT2D eigenvalue weighted by atomic mass is 16.6. The average molecular weight is 879 g/mol. The molecule has 0 amide bonds. The fraction of sp³-hybridized carbons (Fsp3) is 0.737. The zero-order chi connectivity index (χ0) is 45.8. The number of unbranched alkanes of at least 4 members (excludes halogenated alkanes) is 24. The summed E-state index contributed by atoms with van der Waals surface area (Å²) in [4.78, 5) is 38.0. The lowest BCUT2D eigenvalue weighted by atomic mass is 10.0. The summed E-state index contributed by atoms with van der Waals surface area (Å²) in [7, 11) is 0. The molecule has 0 fully saturated rings. The first-order valence-corrected chi connectivity index (χ1v) is 26.4. The van der Waals surface area contributed by atoms with Crippen LogP contribution >= 0.6 is 0 Å². The van der Waals surface area contributed by atoms with Crippen molar-refractivity contribution in [2.45, 2.75) is 258 Å². The molecule has 0 aromatic carbocycles. The molecular weight excluding hydrogens is 781 g/mol. The van der Waals surface area contributed by atoms with E-state index in [-0.39, 0.29) is 37.5 Å². The normalized spacial score (nSPS) is 12.6. The summed E-state index contributed by atoms with van der Waals surface area (Å²) in [6.45, 7) is 6.47. The second-order valence-electron chi connectivity index (χ2n) is 17.4. The Kier molecular flexibility index (Phi) is 48.9. The van der Waals surface area contributed by atoms with Crippen LogP contribution in [0.3, 0.4) is 0 Å². The van der Waals surface area contributed by atoms with Crippen LogP contribution in [-0.4, -0.2) is 37.2 Å². The lowest BCUT2D eigenvalue weighted by Gasteiger charge is -2.18. The van der Waals surface area contributed by atoms with Crippen LogP contribution in [0.1, 0.15) is 252 Å². The first-order valence-electron chi connectivity index (χ1n) is 26.4. The third-order valence-corrected chi connectivity index (χ3v) is 11.2. The van der Waals surface area contributed by atoms with Gasteiger partial charge in [0.25, 0.3) is 0 Å². The maximum Gasteiger partial charge on any atom is 0.306 e. The van der Waals surface area contributed by atoms with Crippen LogP contribution in [0.25, 0.3) is 0 Å². The number of hydrogen-bond donors (Lipinski definition) is 0. The molecule has 0 aromatic rings. The van der Waals surface area contributed by atoms with Crippen LogP contribution in [0.5, 0.6) is 0 Å². The highest BCUT2D eigenvalue weighted by Gasteiger charge is 2.19. The van der Waals surface area contributed by atoms with Crippen LogP contribution < -0.4 is 0 Å². The van der Waals surface area contributed by atoms with Crippen molar-refractivity contribution in [3.8, 4) is 0 Å². The minimum Gasteiger partial charge on any atom is -0.462 e. The van der Waals surface area contributed by atoms with Gasteiger partial charge in [0.2, 0.25) is 0 Å². The zero-order valence-corrected chi connectivity index (χ0v) is 41.3. The number of hydrogen-bond acceptors (Lipinski definition) is 6. The first-order chi connectivity index (χ1) is 31.0. The molecule has 0 heterocycles. The predicted molar refractivity (Wildman–Crippen MR) is 270 cm³/mol. The summed E-state index contributed by atoms with van der Waals surface area (Å²) in [5.41, 5.74) is 0. The highest BCUT2D eigenvalue weighted by Crippen LogP contribution is 2.15. The molecule has 0 bridgehead atoms. The van der Waals surface area contributed by atoms with Gasteiger partial charge in [-0.3, -0.25) is 14.4 Å². The minimum atomic E-state index is -0.800. The van der Waals surface area contributed by atoms with E-state index in [2.05, 4.69) is 93.7 Å². The Morgan fingerprint density at radius 2 is 0.635 bits per heavy atom. The van der Waals surface area contributed by atoms with E-state index < -0.39 is 6.10 Å². The van der Waals surface area contributed by atoms with Crippen LogP contribution in [0.15, 0.2) is 72.9 Å². The van der Waals surface area contributed by atoms with E-state index >= 15 is 0 Å². The molecule has 0 aliphatic rings. The number of carbonyl (C=O) groups is 3. The van der Waals surface area contributed by atoms with Crippen LogP contribution in [0, 0.1) is 0 Å². The molecule has 0 aliphatic heterocycles. The molecule has 1 unspecified atom stereocenters. The van der Waals surface area contributed by atoms with Gasteiger partial charge in [-0.2, -0.15) is 0 Å². The number of esters is 3. The van der Waals surface area contributed by atoms with Crippen molar-refractivity contribution in [3.63, 3.8) is 0 Å². The maximum atomic E-state index is 12.8. The molecule has 0 radical (unpaired) electrons. The van der Waals surface area contributed by atoms with Gasteiger partial charge < -0.3 is 14.2 Å². The lowest BCUT2D eigenvalue weighted by Crippen LogP contribution is -2.30. The number of allylic oxidation sites excluding steroid dienone is 12. The van der Waals surface area contributed by atoms with E-state index in [9.17, 15) is 14.4 Å². The monoisotopic (exact) mass is 879 g/mol. The van der Waals surface area contributed by atoms with Gasteiger partial charge in [0.05, 0.1) is 0 Å². The van der Waals surface area contributed by atoms with E-state index in [1.54, 1.807) is 0 Å². The van der Waals surface area contributed by atoms with Gasteiger partial charge in [0.1, 0.15) is 13.2 Å². The van der Waals surface area contributed by atoms with Gasteiger partial charge in [-0.05, 0) is 83.5 Å². The number of rotatable bonds is 47. The third-order valence-electron chi connectivity index (χ3n) is 11.2. The average Bonchev–Trinajstić information content (AvgIpc) is 3.28. The molecule has 1 atom stereocenters. The molecule has 0 saturated heterocycles. The molecule has 0 rings (SSSR count). The molecule has 6 nitrogen and oxygen atoms in total. The van der Waals surface area contributed by atoms with Gasteiger partial charge in [-0.25, -0.2) is 0 Å². The molecule has 362 valence electrons. The molecule has 6 heteroatoms. The van der Waals surface area contributed by atoms with E-state index in [1.165, 1.54) is 116 Å². The highest BCUT2D eigenvalue weighted by molar-refractivity contribution is 5.71. The zero-order valence-electron chi connectivity index (χ0n) is 41.3. The minimum absolute atomic E-state index is 0.0945. The Labute approximate surface area is 389 Å². The largest absolute Gasteiger partial charge is 0.462 e. The molecule has 0 aliphatic carbocycles. The van der Waals surface area contributed by atoms with Crippen LogP contribution in [0.2, 0.25) is 0 Å². The van der Waals surface area contributed by atoms with Gasteiger partial charge in [-0.15, -0.1) is 0 Å². The Bertz CT molecular complexity index is 1190. The quantitative estimate of drug-likeness (QED) is 0.0262. The third kappa shape index (κ3) is 49.7. The first kappa shape index (κ1) is 59.9. The predicted octanol–water partition coefficient (Wildman–Crippen LogP) is 17.4. The van der Waals surface area contributed by atoms with Crippen molar-refractivity contribution >= 4 is 17.9 Å². The second-order valence-corrected chi connectivity index (χ2v) is 17.4. The SMILES string of the molecule is CC/C=C\C/C=C\C/C=C\C/C=C\C/C=C\CCCC(=O)OCC(COC(=O)CCCCCCCCCCCCCCC)OC(=O)CCCCCCC/C=C\CCCCCCCC. The standard InChI is InChI=1S/C57H98O6/c1-4-7-10-13-16-19-22-25-27-28-30-32-35-38-41-44-47-50-56(59)62-53-54(52-61-55(58)49-46-43-40-37-34-31-24-21-18-15-12-9-6-3)63-57(60)51-48-45-42-39-36-33-29-26-23-20-17-14-11-8-5-2/h7,10,16,19,25-27,29-30,32,38,41,54H,4-6,8-9,11-15,17-18,20-24,28,31,33-37,39-40,42-53H2,1-3H3/b10-7-,19-16-,27-25-,29-26-,32-30-,41-38-. The number of ether oxygens (including phenoxy) is 3. The Hall–Kier alpha value is -3.15. The smallest absolute Gasteiger partial charge is 0.306 e. The molecular formula is C57H98O6. The van der Waals surface area contributed by atoms with Crippen molar-refractivity contribution < 1.29 is 28.6 Å². The summed E-state index contributed by atoms with van der Waals surface area (Å²) in [6.07, 6.45) is 64.6. The Morgan fingerprint density at radius 1 is 0.333 bits per heavy atom. The van der Waals surface area contributed by atoms with Crippen molar-refractivity contribution in [3.05, 3.63) is 72.9 Å². The Balaban J connectivity index is 4.48. The van der Waals surface area contributed by atoms with E-state index in [4.69, 9.17) is 14.2 Å². The summed E-state index contributed by atoms with van der Waals surface area (Å²) in [5.74, 6) is -0.960. The van der Waals surface area contributed by atoms with Crippen molar-refractivity contribution in [1.82, 2.24) is 0 Å². The van der Waals surface area contributed by atoms with E-state index in [1.807, 2.05) is 0 Å². The summed E-state index contributed by atoms with van der Waals surface area (Å²) in [6, 6.07) is 0. The van der Waals surface area contributed by atoms with Gasteiger partial charge in [0.15, 0.2) is 6.10 Å².